The Balaban J connectivity index is 0.000000220. The van der Waals surface area contributed by atoms with Crippen LogP contribution in [0, 0.1) is 5.92 Å². The summed E-state index contributed by atoms with van der Waals surface area (Å²) in [5.74, 6) is 0.493. The molecular weight excluding hydrogens is 299 g/mol. The average Bonchev–Trinajstić information content (AvgIpc) is 2.34. The molecule has 8 heteroatoms. The quantitative estimate of drug-likeness (QED) is 0.716. The molecule has 0 radical (unpaired) electrons. The van der Waals surface area contributed by atoms with Crippen LogP contribution in [-0.2, 0) is 4.79 Å². The Kier molecular flexibility index (Phi) is 7.58. The van der Waals surface area contributed by atoms with Crippen LogP contribution in [0.5, 0.6) is 0 Å². The minimum absolute atomic E-state index is 0.0129. The van der Waals surface area contributed by atoms with E-state index < -0.39 is 12.7 Å². The second kappa shape index (κ2) is 8.69. The van der Waals surface area contributed by atoms with E-state index in [0.29, 0.717) is 32.1 Å². The number of alkyl halides is 3. The number of nitrogens with zero attached hydrogens (tertiary/aromatic N) is 1. The van der Waals surface area contributed by atoms with Gasteiger partial charge in [0.05, 0.1) is 12.6 Å². The first-order valence-corrected chi connectivity index (χ1v) is 7.62. The van der Waals surface area contributed by atoms with E-state index in [1.807, 2.05) is 6.92 Å². The van der Waals surface area contributed by atoms with Crippen molar-refractivity contribution in [2.75, 3.05) is 32.7 Å². The molecular formula is C14H26F3N3O2. The van der Waals surface area contributed by atoms with Crippen LogP contribution >= 0.6 is 0 Å². The van der Waals surface area contributed by atoms with Gasteiger partial charge in [-0.25, -0.2) is 0 Å². The number of hydrogen-bond acceptors (Lipinski definition) is 4. The minimum Gasteiger partial charge on any atom is -0.393 e. The molecule has 5 nitrogen and oxygen atoms in total. The number of halogens is 3. The molecule has 2 fully saturated rings. The predicted molar refractivity (Wildman–Crippen MR) is 77.4 cm³/mol. The third-order valence-corrected chi connectivity index (χ3v) is 3.90. The number of carbonyl (C=O) groups is 1. The summed E-state index contributed by atoms with van der Waals surface area (Å²) in [6, 6.07) is 0.218. The maximum atomic E-state index is 11.8. The average molecular weight is 325 g/mol. The lowest BCUT2D eigenvalue weighted by Gasteiger charge is -2.36. The van der Waals surface area contributed by atoms with Crippen LogP contribution in [0.15, 0.2) is 0 Å². The maximum Gasteiger partial charge on any atom is 0.401 e. The Morgan fingerprint density at radius 2 is 1.91 bits per heavy atom. The van der Waals surface area contributed by atoms with Gasteiger partial charge in [0.2, 0.25) is 5.91 Å². The van der Waals surface area contributed by atoms with Gasteiger partial charge in [-0.1, -0.05) is 0 Å². The fourth-order valence-corrected chi connectivity index (χ4v) is 2.60. The Bertz CT molecular complexity index is 341. The normalized spacial score (nSPS) is 27.2. The van der Waals surface area contributed by atoms with Gasteiger partial charge in [0, 0.05) is 39.1 Å². The molecule has 1 atom stereocenters. The van der Waals surface area contributed by atoms with Crippen molar-refractivity contribution in [2.24, 2.45) is 5.92 Å². The lowest BCUT2D eigenvalue weighted by molar-refractivity contribution is -0.146. The SMILES string of the molecule is CC(=O)NC(C)C1CC(O)C1.FC(F)(F)CN1CCNCC1. The van der Waals surface area contributed by atoms with Gasteiger partial charge >= 0.3 is 6.18 Å². The number of piperazine rings is 1. The van der Waals surface area contributed by atoms with Gasteiger partial charge in [0.25, 0.3) is 0 Å². The summed E-state index contributed by atoms with van der Waals surface area (Å²) in [5.41, 5.74) is 0. The van der Waals surface area contributed by atoms with Crippen molar-refractivity contribution < 1.29 is 23.1 Å². The number of aliphatic hydroxyl groups excluding tert-OH is 1. The highest BCUT2D eigenvalue weighted by atomic mass is 19.4. The molecule has 2 aliphatic rings. The molecule has 1 unspecified atom stereocenters. The first kappa shape index (κ1) is 19.2. The van der Waals surface area contributed by atoms with Crippen molar-refractivity contribution in [1.29, 1.82) is 0 Å². The van der Waals surface area contributed by atoms with E-state index in [2.05, 4.69) is 10.6 Å². The van der Waals surface area contributed by atoms with E-state index in [9.17, 15) is 18.0 Å². The van der Waals surface area contributed by atoms with Gasteiger partial charge in [-0.05, 0) is 25.7 Å². The van der Waals surface area contributed by atoms with Crippen LogP contribution < -0.4 is 10.6 Å². The Morgan fingerprint density at radius 1 is 1.36 bits per heavy atom. The van der Waals surface area contributed by atoms with Crippen molar-refractivity contribution in [3.05, 3.63) is 0 Å². The van der Waals surface area contributed by atoms with Crippen LogP contribution in [-0.4, -0.2) is 67.0 Å². The standard InChI is InChI=1S/C8H15NO2.C6H11F3N2/c1-5(9-6(2)10)7-3-8(11)4-7;7-6(8,9)5-11-3-1-10-2-4-11/h5,7-8,11H,3-4H2,1-2H3,(H,9,10);10H,1-5H2. The smallest absolute Gasteiger partial charge is 0.393 e. The first-order chi connectivity index (χ1) is 10.2. The molecule has 0 aromatic carbocycles. The molecule has 0 aromatic heterocycles. The summed E-state index contributed by atoms with van der Waals surface area (Å²) >= 11 is 0. The predicted octanol–water partition coefficient (Wildman–Crippen LogP) is 0.736. The molecule has 22 heavy (non-hydrogen) atoms. The van der Waals surface area contributed by atoms with E-state index in [1.165, 1.54) is 11.8 Å². The second-order valence-corrected chi connectivity index (χ2v) is 6.02. The lowest BCUT2D eigenvalue weighted by Crippen LogP contribution is -2.47. The van der Waals surface area contributed by atoms with E-state index in [-0.39, 0.29) is 18.1 Å². The van der Waals surface area contributed by atoms with Crippen LogP contribution in [0.1, 0.15) is 26.7 Å². The van der Waals surface area contributed by atoms with Gasteiger partial charge in [0.1, 0.15) is 0 Å². The fraction of sp³-hybridized carbons (Fsp3) is 0.929. The highest BCUT2D eigenvalue weighted by Gasteiger charge is 2.32. The zero-order valence-corrected chi connectivity index (χ0v) is 13.1. The number of carbonyl (C=O) groups excluding carboxylic acids is 1. The number of aliphatic hydroxyl groups is 1. The molecule has 0 aromatic rings. The van der Waals surface area contributed by atoms with Gasteiger partial charge < -0.3 is 15.7 Å². The fourth-order valence-electron chi connectivity index (χ4n) is 2.60. The molecule has 1 amide bonds. The molecule has 1 saturated heterocycles. The summed E-state index contributed by atoms with van der Waals surface area (Å²) in [5, 5.41) is 14.8. The number of hydrogen-bond donors (Lipinski definition) is 3. The van der Waals surface area contributed by atoms with Crippen molar-refractivity contribution in [2.45, 2.75) is 45.0 Å². The minimum atomic E-state index is -4.04. The van der Waals surface area contributed by atoms with Crippen LogP contribution in [0.3, 0.4) is 0 Å². The van der Waals surface area contributed by atoms with Gasteiger partial charge in [-0.3, -0.25) is 9.69 Å². The van der Waals surface area contributed by atoms with Crippen LogP contribution in [0.25, 0.3) is 0 Å². The van der Waals surface area contributed by atoms with Crippen LogP contribution in [0.4, 0.5) is 13.2 Å². The van der Waals surface area contributed by atoms with Crippen molar-refractivity contribution in [1.82, 2.24) is 15.5 Å². The summed E-state index contributed by atoms with van der Waals surface area (Å²) in [7, 11) is 0. The molecule has 1 aliphatic heterocycles. The van der Waals surface area contributed by atoms with E-state index in [4.69, 9.17) is 5.11 Å². The van der Waals surface area contributed by atoms with Crippen molar-refractivity contribution in [3.8, 4) is 0 Å². The molecule has 0 bridgehead atoms. The van der Waals surface area contributed by atoms with E-state index >= 15 is 0 Å². The summed E-state index contributed by atoms with van der Waals surface area (Å²) < 4.78 is 35.3. The monoisotopic (exact) mass is 325 g/mol. The molecule has 2 rings (SSSR count). The highest BCUT2D eigenvalue weighted by Crippen LogP contribution is 2.29. The Hall–Kier alpha value is -0.860. The number of amides is 1. The number of nitrogens with one attached hydrogen (secondary N) is 2. The molecule has 3 N–H and O–H groups in total. The Labute approximate surface area is 129 Å². The largest absolute Gasteiger partial charge is 0.401 e. The zero-order valence-electron chi connectivity index (χ0n) is 13.1. The summed E-state index contributed by atoms with van der Waals surface area (Å²) in [6.45, 7) is 5.06. The highest BCUT2D eigenvalue weighted by molar-refractivity contribution is 5.73. The molecule has 1 saturated carbocycles. The van der Waals surface area contributed by atoms with Crippen LogP contribution in [0.2, 0.25) is 0 Å². The molecule has 130 valence electrons. The number of rotatable bonds is 3. The summed E-state index contributed by atoms with van der Waals surface area (Å²) in [4.78, 5) is 12.0. The van der Waals surface area contributed by atoms with Crippen molar-refractivity contribution in [3.63, 3.8) is 0 Å². The maximum absolute atomic E-state index is 11.8. The second-order valence-electron chi connectivity index (χ2n) is 6.02. The van der Waals surface area contributed by atoms with Gasteiger partial charge in [-0.2, -0.15) is 13.2 Å². The topological polar surface area (TPSA) is 64.6 Å². The van der Waals surface area contributed by atoms with E-state index in [1.54, 1.807) is 0 Å². The van der Waals surface area contributed by atoms with Crippen molar-refractivity contribution >= 4 is 5.91 Å². The molecule has 0 spiro atoms. The first-order valence-electron chi connectivity index (χ1n) is 7.62. The van der Waals surface area contributed by atoms with Gasteiger partial charge in [-0.15, -0.1) is 0 Å². The third kappa shape index (κ3) is 7.95. The summed E-state index contributed by atoms with van der Waals surface area (Å²) in [6.07, 6.45) is -2.50. The lowest BCUT2D eigenvalue weighted by atomic mass is 9.78. The third-order valence-electron chi connectivity index (χ3n) is 3.90. The van der Waals surface area contributed by atoms with Gasteiger partial charge in [0.15, 0.2) is 0 Å². The molecule has 1 heterocycles. The molecule has 1 aliphatic carbocycles. The zero-order chi connectivity index (χ0) is 16.8. The van der Waals surface area contributed by atoms with E-state index in [0.717, 1.165) is 12.8 Å². The Morgan fingerprint density at radius 3 is 2.32 bits per heavy atom.